The molecule has 0 saturated heterocycles. The van der Waals surface area contributed by atoms with Crippen LogP contribution in [0.15, 0.2) is 54.6 Å². The second kappa shape index (κ2) is 6.20. The lowest BCUT2D eigenvalue weighted by Crippen LogP contribution is -2.23. The number of nitrogens with one attached hydrogen (secondary N) is 1. The highest BCUT2D eigenvalue weighted by Crippen LogP contribution is 2.44. The highest BCUT2D eigenvalue weighted by molar-refractivity contribution is 6.32. The SMILES string of the molecule is O=C1c2cccc(O)c2C(=O)c2c(O)c([N+](=O)[O-])cc(Nc3ccccc3)c21. The summed E-state index contributed by atoms with van der Waals surface area (Å²) in [4.78, 5) is 36.6. The quantitative estimate of drug-likeness (QED) is 0.283. The molecule has 3 N–H and O–H groups in total. The summed E-state index contributed by atoms with van der Waals surface area (Å²) in [5.41, 5.74) is -1.20. The lowest BCUT2D eigenvalue weighted by molar-refractivity contribution is -0.385. The number of carbonyl (C=O) groups excluding carboxylic acids is 2. The van der Waals surface area contributed by atoms with Gasteiger partial charge in [-0.15, -0.1) is 0 Å². The number of aromatic hydroxyl groups is 2. The molecule has 3 aromatic carbocycles. The van der Waals surface area contributed by atoms with E-state index in [1.54, 1.807) is 30.3 Å². The third-order valence-corrected chi connectivity index (χ3v) is 4.50. The van der Waals surface area contributed by atoms with Crippen molar-refractivity contribution >= 4 is 28.6 Å². The van der Waals surface area contributed by atoms with Crippen molar-refractivity contribution in [2.24, 2.45) is 0 Å². The Morgan fingerprint density at radius 3 is 2.25 bits per heavy atom. The van der Waals surface area contributed by atoms with Crippen molar-refractivity contribution in [2.45, 2.75) is 0 Å². The number of phenols is 2. The molecule has 0 heterocycles. The molecule has 3 aromatic rings. The summed E-state index contributed by atoms with van der Waals surface area (Å²) in [6.45, 7) is 0. The van der Waals surface area contributed by atoms with Crippen molar-refractivity contribution in [1.29, 1.82) is 0 Å². The van der Waals surface area contributed by atoms with E-state index >= 15 is 0 Å². The molecule has 28 heavy (non-hydrogen) atoms. The van der Waals surface area contributed by atoms with Gasteiger partial charge in [0.1, 0.15) is 5.75 Å². The summed E-state index contributed by atoms with van der Waals surface area (Å²) in [6.07, 6.45) is 0. The number of ketones is 2. The van der Waals surface area contributed by atoms with Crippen molar-refractivity contribution in [3.63, 3.8) is 0 Å². The molecule has 8 heteroatoms. The molecule has 4 rings (SSSR count). The van der Waals surface area contributed by atoms with Gasteiger partial charge in [-0.1, -0.05) is 30.3 Å². The monoisotopic (exact) mass is 376 g/mol. The van der Waals surface area contributed by atoms with Gasteiger partial charge in [-0.25, -0.2) is 0 Å². The zero-order valence-corrected chi connectivity index (χ0v) is 14.2. The summed E-state index contributed by atoms with van der Waals surface area (Å²) in [7, 11) is 0. The first-order valence-electron chi connectivity index (χ1n) is 8.18. The Hall–Kier alpha value is -4.20. The average molecular weight is 376 g/mol. The van der Waals surface area contributed by atoms with Crippen LogP contribution in [0, 0.1) is 10.1 Å². The first-order chi connectivity index (χ1) is 13.4. The molecule has 8 nitrogen and oxygen atoms in total. The van der Waals surface area contributed by atoms with E-state index in [1.165, 1.54) is 18.2 Å². The van der Waals surface area contributed by atoms with Crippen LogP contribution in [0.2, 0.25) is 0 Å². The zero-order chi connectivity index (χ0) is 20.0. The average Bonchev–Trinajstić information content (AvgIpc) is 2.67. The molecule has 0 aromatic heterocycles. The molecule has 0 fully saturated rings. The number of fused-ring (bicyclic) bond motifs is 2. The Kier molecular flexibility index (Phi) is 3.82. The Balaban J connectivity index is 2.02. The van der Waals surface area contributed by atoms with Crippen molar-refractivity contribution in [3.8, 4) is 11.5 Å². The minimum absolute atomic E-state index is 0.0121. The van der Waals surface area contributed by atoms with Crippen LogP contribution in [0.25, 0.3) is 0 Å². The largest absolute Gasteiger partial charge is 0.507 e. The maximum Gasteiger partial charge on any atom is 0.313 e. The summed E-state index contributed by atoms with van der Waals surface area (Å²) in [5.74, 6) is -2.85. The summed E-state index contributed by atoms with van der Waals surface area (Å²) < 4.78 is 0. The second-order valence-corrected chi connectivity index (χ2v) is 6.15. The molecule has 1 aliphatic rings. The zero-order valence-electron chi connectivity index (χ0n) is 14.2. The van der Waals surface area contributed by atoms with Gasteiger partial charge in [-0.2, -0.15) is 0 Å². The van der Waals surface area contributed by atoms with Crippen LogP contribution >= 0.6 is 0 Å². The predicted molar refractivity (Wildman–Crippen MR) is 99.5 cm³/mol. The maximum absolute atomic E-state index is 13.1. The molecule has 0 aliphatic heterocycles. The van der Waals surface area contributed by atoms with Crippen LogP contribution in [0.4, 0.5) is 17.1 Å². The first-order valence-corrected chi connectivity index (χ1v) is 8.18. The molecule has 138 valence electrons. The van der Waals surface area contributed by atoms with E-state index in [2.05, 4.69) is 5.32 Å². The van der Waals surface area contributed by atoms with E-state index in [0.717, 1.165) is 6.07 Å². The molecule has 0 radical (unpaired) electrons. The lowest BCUT2D eigenvalue weighted by Gasteiger charge is -2.22. The van der Waals surface area contributed by atoms with Crippen LogP contribution < -0.4 is 5.32 Å². The number of rotatable bonds is 3. The molecule has 1 aliphatic carbocycles. The van der Waals surface area contributed by atoms with Crippen molar-refractivity contribution in [2.75, 3.05) is 5.32 Å². The second-order valence-electron chi connectivity index (χ2n) is 6.15. The van der Waals surface area contributed by atoms with E-state index in [9.17, 15) is 29.9 Å². The third kappa shape index (κ3) is 2.47. The van der Waals surface area contributed by atoms with Gasteiger partial charge in [0.05, 0.1) is 27.3 Å². The minimum Gasteiger partial charge on any atom is -0.507 e. The normalized spacial score (nSPS) is 12.3. The van der Waals surface area contributed by atoms with Crippen LogP contribution in [-0.4, -0.2) is 26.7 Å². The van der Waals surface area contributed by atoms with E-state index in [4.69, 9.17) is 0 Å². The van der Waals surface area contributed by atoms with Crippen molar-refractivity contribution in [3.05, 3.63) is 87.0 Å². The minimum atomic E-state index is -0.911. The number of benzene rings is 3. The van der Waals surface area contributed by atoms with E-state index in [0.29, 0.717) is 5.69 Å². The maximum atomic E-state index is 13.1. The predicted octanol–water partition coefficient (Wildman–Crippen LogP) is 3.53. The standard InChI is InChI=1S/C20H12N2O6/c23-14-8-4-7-11-15(14)20(26)17-16(18(11)24)12(9-13(19(17)25)22(27)28)21-10-5-2-1-3-6-10/h1-9,21,23,25H. The number of para-hydroxylation sites is 1. The van der Waals surface area contributed by atoms with Crippen LogP contribution in [-0.2, 0) is 0 Å². The first kappa shape index (κ1) is 17.2. The van der Waals surface area contributed by atoms with Gasteiger partial charge in [0.25, 0.3) is 0 Å². The van der Waals surface area contributed by atoms with Crippen molar-refractivity contribution in [1.82, 2.24) is 0 Å². The van der Waals surface area contributed by atoms with Crippen LogP contribution in [0.5, 0.6) is 11.5 Å². The molecule has 0 atom stereocenters. The van der Waals surface area contributed by atoms with E-state index in [1.807, 2.05) is 0 Å². The van der Waals surface area contributed by atoms with Gasteiger partial charge in [-0.3, -0.25) is 19.7 Å². The number of hydrogen-bond acceptors (Lipinski definition) is 7. The van der Waals surface area contributed by atoms with Gasteiger partial charge in [0, 0.05) is 17.3 Å². The number of nitro benzene ring substituents is 1. The number of hydrogen-bond donors (Lipinski definition) is 3. The van der Waals surface area contributed by atoms with Gasteiger partial charge >= 0.3 is 5.69 Å². The fourth-order valence-electron chi connectivity index (χ4n) is 3.26. The number of phenolic OH excluding ortho intramolecular Hbond substituents is 2. The molecular formula is C20H12N2O6. The fourth-order valence-corrected chi connectivity index (χ4v) is 3.26. The fraction of sp³-hybridized carbons (Fsp3) is 0. The molecule has 0 bridgehead atoms. The molecule has 0 unspecified atom stereocenters. The third-order valence-electron chi connectivity index (χ3n) is 4.50. The number of carbonyl (C=O) groups is 2. The lowest BCUT2D eigenvalue weighted by atomic mass is 9.81. The van der Waals surface area contributed by atoms with Gasteiger partial charge < -0.3 is 15.5 Å². The Morgan fingerprint density at radius 2 is 1.57 bits per heavy atom. The molecule has 0 amide bonds. The van der Waals surface area contributed by atoms with Gasteiger partial charge in [0.2, 0.25) is 11.5 Å². The number of anilines is 2. The van der Waals surface area contributed by atoms with E-state index in [-0.39, 0.29) is 22.4 Å². The summed E-state index contributed by atoms with van der Waals surface area (Å²) in [6, 6.07) is 13.6. The smallest absolute Gasteiger partial charge is 0.313 e. The molecule has 0 saturated carbocycles. The highest BCUT2D eigenvalue weighted by Gasteiger charge is 2.39. The van der Waals surface area contributed by atoms with E-state index < -0.39 is 39.2 Å². The highest BCUT2D eigenvalue weighted by atomic mass is 16.6. The Labute approximate surface area is 157 Å². The Bertz CT molecular complexity index is 1170. The Morgan fingerprint density at radius 1 is 0.857 bits per heavy atom. The van der Waals surface area contributed by atoms with Gasteiger partial charge in [0.15, 0.2) is 5.78 Å². The topological polar surface area (TPSA) is 130 Å². The van der Waals surface area contributed by atoms with Crippen LogP contribution in [0.1, 0.15) is 31.8 Å². The molecule has 0 spiro atoms. The van der Waals surface area contributed by atoms with Crippen LogP contribution in [0.3, 0.4) is 0 Å². The van der Waals surface area contributed by atoms with Crippen molar-refractivity contribution < 1.29 is 24.7 Å². The number of nitrogens with zero attached hydrogens (tertiary/aromatic N) is 1. The van der Waals surface area contributed by atoms with Gasteiger partial charge in [-0.05, 0) is 18.2 Å². The summed E-state index contributed by atoms with van der Waals surface area (Å²) >= 11 is 0. The number of nitro groups is 1. The molecular weight excluding hydrogens is 364 g/mol. The summed E-state index contributed by atoms with van der Waals surface area (Å²) in [5, 5.41) is 34.7.